The highest BCUT2D eigenvalue weighted by Gasteiger charge is 2.18. The maximum atomic E-state index is 12.8. The molecule has 0 fully saturated rings. The number of imidazole rings is 1. The summed E-state index contributed by atoms with van der Waals surface area (Å²) in [7, 11) is -3.49. The smallest absolute Gasteiger partial charge is 0.226 e. The van der Waals surface area contributed by atoms with Gasteiger partial charge < -0.3 is 9.72 Å². The number of H-pyrrole nitrogens is 1. The van der Waals surface area contributed by atoms with Gasteiger partial charge in [0.25, 0.3) is 0 Å². The average Bonchev–Trinajstić information content (AvgIpc) is 2.98. The molecule has 0 aliphatic carbocycles. The lowest BCUT2D eigenvalue weighted by Gasteiger charge is -2.05. The fraction of sp³-hybridized carbons (Fsp3) is 0.188. The van der Waals surface area contributed by atoms with Crippen LogP contribution < -0.4 is 4.74 Å². The van der Waals surface area contributed by atoms with Gasteiger partial charge in [-0.3, -0.25) is 0 Å². The molecule has 0 saturated heterocycles. The molecule has 0 saturated carbocycles. The molecule has 0 spiro atoms. The third-order valence-electron chi connectivity index (χ3n) is 3.30. The van der Waals surface area contributed by atoms with Crippen molar-refractivity contribution < 1.29 is 17.5 Å². The van der Waals surface area contributed by atoms with Crippen LogP contribution in [-0.2, 0) is 9.84 Å². The molecule has 0 unspecified atom stereocenters. The van der Waals surface area contributed by atoms with Gasteiger partial charge in [-0.25, -0.2) is 17.8 Å². The fourth-order valence-electron chi connectivity index (χ4n) is 2.14. The molecular formula is C16H15FN2O3S. The minimum Gasteiger partial charge on any atom is -0.494 e. The Balaban J connectivity index is 1.59. The van der Waals surface area contributed by atoms with Crippen molar-refractivity contribution in [3.8, 4) is 5.75 Å². The van der Waals surface area contributed by atoms with Crippen molar-refractivity contribution >= 4 is 20.9 Å². The molecular weight excluding hydrogens is 319 g/mol. The molecule has 2 aromatic carbocycles. The quantitative estimate of drug-likeness (QED) is 0.704. The second-order valence-electron chi connectivity index (χ2n) is 5.03. The van der Waals surface area contributed by atoms with E-state index in [1.165, 1.54) is 24.3 Å². The monoisotopic (exact) mass is 334 g/mol. The topological polar surface area (TPSA) is 72.1 Å². The molecule has 0 aliphatic heterocycles. The van der Waals surface area contributed by atoms with E-state index in [0.29, 0.717) is 23.2 Å². The highest BCUT2D eigenvalue weighted by Crippen LogP contribution is 2.16. The second kappa shape index (κ2) is 6.37. The van der Waals surface area contributed by atoms with Gasteiger partial charge in [-0.15, -0.1) is 0 Å². The van der Waals surface area contributed by atoms with E-state index in [1.807, 2.05) is 6.07 Å². The van der Waals surface area contributed by atoms with E-state index in [0.717, 1.165) is 0 Å². The van der Waals surface area contributed by atoms with Crippen molar-refractivity contribution in [2.45, 2.75) is 11.6 Å². The summed E-state index contributed by atoms with van der Waals surface area (Å²) in [6, 6.07) is 12.7. The highest BCUT2D eigenvalue weighted by molar-refractivity contribution is 7.91. The highest BCUT2D eigenvalue weighted by atomic mass is 32.2. The zero-order valence-corrected chi connectivity index (χ0v) is 13.0. The summed E-state index contributed by atoms with van der Waals surface area (Å²) in [5, 5.41) is -0.0273. The Morgan fingerprint density at radius 2 is 1.83 bits per heavy atom. The van der Waals surface area contributed by atoms with Gasteiger partial charge in [0.2, 0.25) is 15.0 Å². The van der Waals surface area contributed by atoms with Gasteiger partial charge in [-0.1, -0.05) is 12.1 Å². The van der Waals surface area contributed by atoms with E-state index in [1.54, 1.807) is 18.2 Å². The molecule has 23 heavy (non-hydrogen) atoms. The minimum atomic E-state index is -3.49. The molecule has 7 heteroatoms. The van der Waals surface area contributed by atoms with Gasteiger partial charge in [0.15, 0.2) is 0 Å². The maximum Gasteiger partial charge on any atom is 0.226 e. The number of aromatic nitrogens is 2. The van der Waals surface area contributed by atoms with Crippen LogP contribution in [0.2, 0.25) is 0 Å². The maximum absolute atomic E-state index is 12.8. The SMILES string of the molecule is O=S(=O)(CCCOc1ccc(F)cc1)c1nc2ccccc2[nH]1. The lowest BCUT2D eigenvalue weighted by molar-refractivity contribution is 0.317. The van der Waals surface area contributed by atoms with Crippen LogP contribution in [0, 0.1) is 5.82 Å². The molecule has 1 N–H and O–H groups in total. The molecule has 0 bridgehead atoms. The van der Waals surface area contributed by atoms with Gasteiger partial charge in [0.1, 0.15) is 11.6 Å². The number of benzene rings is 2. The third-order valence-corrected chi connectivity index (χ3v) is 4.91. The van der Waals surface area contributed by atoms with Gasteiger partial charge in [0, 0.05) is 0 Å². The van der Waals surface area contributed by atoms with Crippen LogP contribution >= 0.6 is 0 Å². The second-order valence-corrected chi connectivity index (χ2v) is 7.06. The van der Waals surface area contributed by atoms with Gasteiger partial charge in [-0.2, -0.15) is 0 Å². The van der Waals surface area contributed by atoms with E-state index >= 15 is 0 Å². The van der Waals surface area contributed by atoms with Gasteiger partial charge in [0.05, 0.1) is 23.4 Å². The first-order valence-corrected chi connectivity index (χ1v) is 8.76. The summed E-state index contributed by atoms with van der Waals surface area (Å²) in [6.45, 7) is 0.227. The predicted molar refractivity (Wildman–Crippen MR) is 84.7 cm³/mol. The van der Waals surface area contributed by atoms with Crippen molar-refractivity contribution in [3.63, 3.8) is 0 Å². The summed E-state index contributed by atoms with van der Waals surface area (Å²) in [4.78, 5) is 6.92. The fourth-order valence-corrected chi connectivity index (χ4v) is 3.34. The van der Waals surface area contributed by atoms with E-state index in [-0.39, 0.29) is 23.3 Å². The molecule has 120 valence electrons. The first-order chi connectivity index (χ1) is 11.0. The van der Waals surface area contributed by atoms with Crippen LogP contribution in [-0.4, -0.2) is 30.7 Å². The zero-order chi connectivity index (χ0) is 16.3. The Labute approximate surface area is 133 Å². The van der Waals surface area contributed by atoms with Crippen LogP contribution in [0.5, 0.6) is 5.75 Å². The first kappa shape index (κ1) is 15.5. The van der Waals surface area contributed by atoms with Crippen LogP contribution in [0.25, 0.3) is 11.0 Å². The number of halogens is 1. The summed E-state index contributed by atoms with van der Waals surface area (Å²) >= 11 is 0. The summed E-state index contributed by atoms with van der Waals surface area (Å²) in [6.07, 6.45) is 0.316. The minimum absolute atomic E-state index is 0.0273. The number of hydrogen-bond donors (Lipinski definition) is 1. The van der Waals surface area contributed by atoms with Crippen LogP contribution in [0.4, 0.5) is 4.39 Å². The number of sulfone groups is 1. The Bertz CT molecular complexity index is 871. The molecule has 1 heterocycles. The van der Waals surface area contributed by atoms with Crippen molar-refractivity contribution in [1.82, 2.24) is 9.97 Å². The first-order valence-electron chi connectivity index (χ1n) is 7.10. The van der Waals surface area contributed by atoms with Crippen LogP contribution in [0.15, 0.2) is 53.7 Å². The van der Waals surface area contributed by atoms with E-state index in [4.69, 9.17) is 4.74 Å². The van der Waals surface area contributed by atoms with Gasteiger partial charge >= 0.3 is 0 Å². The molecule has 1 aromatic heterocycles. The molecule has 3 rings (SSSR count). The number of rotatable bonds is 6. The summed E-state index contributed by atoms with van der Waals surface area (Å²) < 4.78 is 42.7. The van der Waals surface area contributed by atoms with Gasteiger partial charge in [-0.05, 0) is 42.8 Å². The number of fused-ring (bicyclic) bond motifs is 1. The molecule has 0 atom stereocenters. The number of nitrogens with zero attached hydrogens (tertiary/aromatic N) is 1. The Morgan fingerprint density at radius 1 is 1.09 bits per heavy atom. The van der Waals surface area contributed by atoms with Crippen LogP contribution in [0.3, 0.4) is 0 Å². The van der Waals surface area contributed by atoms with E-state index < -0.39 is 9.84 Å². The van der Waals surface area contributed by atoms with Crippen molar-refractivity contribution in [2.24, 2.45) is 0 Å². The zero-order valence-electron chi connectivity index (χ0n) is 12.2. The Hall–Kier alpha value is -2.41. The molecule has 5 nitrogen and oxygen atoms in total. The van der Waals surface area contributed by atoms with Crippen molar-refractivity contribution in [2.75, 3.05) is 12.4 Å². The van der Waals surface area contributed by atoms with E-state index in [2.05, 4.69) is 9.97 Å². The number of aromatic amines is 1. The summed E-state index contributed by atoms with van der Waals surface area (Å²) in [5.74, 6) is 0.0888. The van der Waals surface area contributed by atoms with E-state index in [9.17, 15) is 12.8 Å². The normalized spacial score (nSPS) is 11.7. The van der Waals surface area contributed by atoms with Crippen molar-refractivity contribution in [3.05, 3.63) is 54.3 Å². The lowest BCUT2D eigenvalue weighted by Crippen LogP contribution is -2.12. The predicted octanol–water partition coefficient (Wildman–Crippen LogP) is 2.94. The number of hydrogen-bond acceptors (Lipinski definition) is 4. The number of para-hydroxylation sites is 2. The molecule has 0 aliphatic rings. The average molecular weight is 334 g/mol. The molecule has 3 aromatic rings. The lowest BCUT2D eigenvalue weighted by atomic mass is 10.3. The number of nitrogens with one attached hydrogen (secondary N) is 1. The van der Waals surface area contributed by atoms with Crippen LogP contribution in [0.1, 0.15) is 6.42 Å². The third kappa shape index (κ3) is 3.68. The number of ether oxygens (including phenoxy) is 1. The summed E-state index contributed by atoms with van der Waals surface area (Å²) in [5.41, 5.74) is 1.31. The molecule has 0 radical (unpaired) electrons. The standard InChI is InChI=1S/C16H15FN2O3S/c17-12-6-8-13(9-7-12)22-10-3-11-23(20,21)16-18-14-4-1-2-5-15(14)19-16/h1-2,4-9H,3,10-11H2,(H,18,19). The Kier molecular flexibility index (Phi) is 4.29. The molecule has 0 amide bonds. The largest absolute Gasteiger partial charge is 0.494 e. The Morgan fingerprint density at radius 3 is 2.57 bits per heavy atom. The van der Waals surface area contributed by atoms with Crippen molar-refractivity contribution in [1.29, 1.82) is 0 Å².